The van der Waals surface area contributed by atoms with Crippen molar-refractivity contribution in [3.63, 3.8) is 0 Å². The van der Waals surface area contributed by atoms with E-state index in [2.05, 4.69) is 0 Å². The van der Waals surface area contributed by atoms with Crippen LogP contribution in [0.2, 0.25) is 10.0 Å². The third kappa shape index (κ3) is 2.29. The van der Waals surface area contributed by atoms with Crippen molar-refractivity contribution in [2.24, 2.45) is 11.7 Å². The van der Waals surface area contributed by atoms with E-state index < -0.39 is 0 Å². The summed E-state index contributed by atoms with van der Waals surface area (Å²) in [5.74, 6) is 1.69. The minimum atomic E-state index is 0.311. The van der Waals surface area contributed by atoms with Gasteiger partial charge in [-0.05, 0) is 37.4 Å². The van der Waals surface area contributed by atoms with Crippen LogP contribution >= 0.6 is 23.2 Å². The molecule has 0 amide bonds. The van der Waals surface area contributed by atoms with Gasteiger partial charge in [0.1, 0.15) is 5.75 Å². The van der Waals surface area contributed by atoms with E-state index in [1.165, 1.54) is 12.8 Å². The fraction of sp³-hybridized carbons (Fsp3) is 0.500. The Morgan fingerprint density at radius 2 is 2.12 bits per heavy atom. The fourth-order valence-electron chi connectivity index (χ4n) is 2.14. The van der Waals surface area contributed by atoms with E-state index >= 15 is 0 Å². The summed E-state index contributed by atoms with van der Waals surface area (Å²) >= 11 is 12.1. The maximum atomic E-state index is 6.11. The Morgan fingerprint density at radius 3 is 2.62 bits per heavy atom. The summed E-state index contributed by atoms with van der Waals surface area (Å²) in [4.78, 5) is 0. The number of rotatable bonds is 4. The van der Waals surface area contributed by atoms with E-state index in [9.17, 15) is 0 Å². The predicted molar refractivity (Wildman–Crippen MR) is 67.5 cm³/mol. The molecule has 1 aliphatic rings. The van der Waals surface area contributed by atoms with Crippen molar-refractivity contribution < 1.29 is 4.74 Å². The van der Waals surface area contributed by atoms with Crippen molar-refractivity contribution in [2.75, 3.05) is 13.7 Å². The number of ether oxygens (including phenoxy) is 1. The van der Waals surface area contributed by atoms with Crippen LogP contribution in [0.1, 0.15) is 24.3 Å². The fourth-order valence-corrected chi connectivity index (χ4v) is 2.73. The molecule has 1 fully saturated rings. The first-order valence-electron chi connectivity index (χ1n) is 5.40. The van der Waals surface area contributed by atoms with Crippen molar-refractivity contribution in [2.45, 2.75) is 18.8 Å². The summed E-state index contributed by atoms with van der Waals surface area (Å²) in [6.45, 7) is 0.609. The average molecular weight is 260 g/mol. The van der Waals surface area contributed by atoms with Gasteiger partial charge in [-0.3, -0.25) is 0 Å². The van der Waals surface area contributed by atoms with Gasteiger partial charge < -0.3 is 10.5 Å². The topological polar surface area (TPSA) is 35.2 Å². The van der Waals surface area contributed by atoms with E-state index in [0.29, 0.717) is 34.2 Å². The maximum Gasteiger partial charge on any atom is 0.141 e. The lowest BCUT2D eigenvalue weighted by molar-refractivity contribution is 0.403. The van der Waals surface area contributed by atoms with E-state index in [0.717, 1.165) is 5.56 Å². The molecule has 1 unspecified atom stereocenters. The second-order valence-corrected chi connectivity index (χ2v) is 5.03. The third-order valence-corrected chi connectivity index (χ3v) is 3.58. The molecule has 1 aliphatic carbocycles. The summed E-state index contributed by atoms with van der Waals surface area (Å²) in [6.07, 6.45) is 2.46. The highest BCUT2D eigenvalue weighted by Crippen LogP contribution is 2.46. The molecule has 0 spiro atoms. The Hall–Kier alpha value is -0.440. The molecule has 4 heteroatoms. The number of hydrogen-bond donors (Lipinski definition) is 1. The number of hydrogen-bond acceptors (Lipinski definition) is 2. The second kappa shape index (κ2) is 4.82. The summed E-state index contributed by atoms with van der Waals surface area (Å²) in [6, 6.07) is 3.62. The molecule has 0 aromatic heterocycles. The molecule has 1 atom stereocenters. The zero-order valence-corrected chi connectivity index (χ0v) is 10.7. The third-order valence-electron chi connectivity index (χ3n) is 3.09. The van der Waals surface area contributed by atoms with Crippen LogP contribution in [0.5, 0.6) is 5.75 Å². The maximum absolute atomic E-state index is 6.11. The van der Waals surface area contributed by atoms with E-state index in [4.69, 9.17) is 33.7 Å². The molecule has 1 saturated carbocycles. The molecule has 2 N–H and O–H groups in total. The van der Waals surface area contributed by atoms with Gasteiger partial charge in [0.05, 0.1) is 12.1 Å². The van der Waals surface area contributed by atoms with E-state index in [1.54, 1.807) is 13.2 Å². The summed E-state index contributed by atoms with van der Waals surface area (Å²) in [5, 5.41) is 1.20. The molecule has 2 nitrogen and oxygen atoms in total. The Bertz CT molecular complexity index is 391. The van der Waals surface area contributed by atoms with Gasteiger partial charge in [0, 0.05) is 16.5 Å². The molecule has 0 aliphatic heterocycles. The minimum absolute atomic E-state index is 0.311. The first-order valence-corrected chi connectivity index (χ1v) is 6.16. The van der Waals surface area contributed by atoms with Crippen LogP contribution in [-0.2, 0) is 0 Å². The van der Waals surface area contributed by atoms with Gasteiger partial charge in [0.2, 0.25) is 0 Å². The lowest BCUT2D eigenvalue weighted by Crippen LogP contribution is -2.15. The van der Waals surface area contributed by atoms with Crippen LogP contribution in [0, 0.1) is 5.92 Å². The highest BCUT2D eigenvalue weighted by molar-refractivity contribution is 6.35. The van der Waals surface area contributed by atoms with Gasteiger partial charge >= 0.3 is 0 Å². The Balaban J connectivity index is 2.43. The van der Waals surface area contributed by atoms with Crippen LogP contribution in [0.3, 0.4) is 0 Å². The number of halogens is 2. The van der Waals surface area contributed by atoms with Gasteiger partial charge in [-0.25, -0.2) is 0 Å². The zero-order chi connectivity index (χ0) is 11.7. The van der Waals surface area contributed by atoms with Gasteiger partial charge in [0.15, 0.2) is 0 Å². The number of benzene rings is 1. The highest BCUT2D eigenvalue weighted by atomic mass is 35.5. The standard InChI is InChI=1S/C12H15Cl2NO/c1-16-12-9(4-8(13)5-11(12)14)10(6-15)7-2-3-7/h4-5,7,10H,2-3,6,15H2,1H3. The molecule has 0 bridgehead atoms. The van der Waals surface area contributed by atoms with Crippen molar-refractivity contribution in [3.05, 3.63) is 27.7 Å². The number of methoxy groups -OCH3 is 1. The van der Waals surface area contributed by atoms with Gasteiger partial charge in [-0.2, -0.15) is 0 Å². The molecule has 0 radical (unpaired) electrons. The van der Waals surface area contributed by atoms with Crippen LogP contribution < -0.4 is 10.5 Å². The van der Waals surface area contributed by atoms with E-state index in [1.807, 2.05) is 6.07 Å². The van der Waals surface area contributed by atoms with Crippen LogP contribution in [0.25, 0.3) is 0 Å². The Labute approximate surface area is 106 Å². The van der Waals surface area contributed by atoms with Gasteiger partial charge in [0.25, 0.3) is 0 Å². The predicted octanol–water partition coefficient (Wildman–Crippen LogP) is 3.45. The quantitative estimate of drug-likeness (QED) is 0.899. The lowest BCUT2D eigenvalue weighted by Gasteiger charge is -2.19. The first-order chi connectivity index (χ1) is 7.67. The minimum Gasteiger partial charge on any atom is -0.495 e. The largest absolute Gasteiger partial charge is 0.495 e. The van der Waals surface area contributed by atoms with Crippen molar-refractivity contribution >= 4 is 23.2 Å². The van der Waals surface area contributed by atoms with Crippen LogP contribution in [0.15, 0.2) is 12.1 Å². The second-order valence-electron chi connectivity index (χ2n) is 4.19. The van der Waals surface area contributed by atoms with Crippen molar-refractivity contribution in [1.29, 1.82) is 0 Å². The monoisotopic (exact) mass is 259 g/mol. The summed E-state index contributed by atoms with van der Waals surface area (Å²) in [7, 11) is 1.62. The summed E-state index contributed by atoms with van der Waals surface area (Å²) in [5.41, 5.74) is 6.87. The molecule has 0 saturated heterocycles. The van der Waals surface area contributed by atoms with Crippen molar-refractivity contribution in [1.82, 2.24) is 0 Å². The normalized spacial score (nSPS) is 17.2. The molecular formula is C12H15Cl2NO. The van der Waals surface area contributed by atoms with Gasteiger partial charge in [-0.1, -0.05) is 23.2 Å². The highest BCUT2D eigenvalue weighted by Gasteiger charge is 2.33. The zero-order valence-electron chi connectivity index (χ0n) is 9.17. The summed E-state index contributed by atoms with van der Waals surface area (Å²) < 4.78 is 5.35. The van der Waals surface area contributed by atoms with Crippen LogP contribution in [-0.4, -0.2) is 13.7 Å². The molecule has 88 valence electrons. The van der Waals surface area contributed by atoms with Gasteiger partial charge in [-0.15, -0.1) is 0 Å². The molecule has 16 heavy (non-hydrogen) atoms. The first kappa shape index (κ1) is 12.0. The molecule has 2 rings (SSSR count). The Morgan fingerprint density at radius 1 is 1.44 bits per heavy atom. The Kier molecular flexibility index (Phi) is 3.63. The van der Waals surface area contributed by atoms with Crippen LogP contribution in [0.4, 0.5) is 0 Å². The van der Waals surface area contributed by atoms with Crippen molar-refractivity contribution in [3.8, 4) is 5.75 Å². The van der Waals surface area contributed by atoms with E-state index in [-0.39, 0.29) is 0 Å². The average Bonchev–Trinajstić information content (AvgIpc) is 3.02. The number of nitrogens with two attached hydrogens (primary N) is 1. The smallest absolute Gasteiger partial charge is 0.141 e. The molecule has 1 aromatic carbocycles. The molecule has 0 heterocycles. The molecule has 1 aromatic rings. The SMILES string of the molecule is COc1c(Cl)cc(Cl)cc1C(CN)C1CC1. The molecular weight excluding hydrogens is 245 g/mol. The lowest BCUT2D eigenvalue weighted by atomic mass is 9.93.